The van der Waals surface area contributed by atoms with Crippen molar-refractivity contribution in [1.29, 1.82) is 0 Å². The number of hydrogen-bond acceptors (Lipinski definition) is 0. The quantitative estimate of drug-likeness (QED) is 0.435. The van der Waals surface area contributed by atoms with Gasteiger partial charge in [-0.15, -0.1) is 0 Å². The summed E-state index contributed by atoms with van der Waals surface area (Å²) in [4.78, 5) is 0. The molecule has 0 aromatic heterocycles. The zero-order valence-corrected chi connectivity index (χ0v) is 14.4. The number of aryl methyl sites for hydroxylation is 1. The van der Waals surface area contributed by atoms with E-state index in [1.165, 1.54) is 43.8 Å². The lowest BCUT2D eigenvalue weighted by atomic mass is 9.79. The Labute approximate surface area is 148 Å². The third-order valence-corrected chi connectivity index (χ3v) is 5.61. The molecule has 0 radical (unpaired) electrons. The first-order valence-electron chi connectivity index (χ1n) is 8.99. The molecule has 0 heteroatoms. The molecule has 0 heterocycles. The predicted molar refractivity (Wildman–Crippen MR) is 109 cm³/mol. The summed E-state index contributed by atoms with van der Waals surface area (Å²) in [7, 11) is 0. The van der Waals surface area contributed by atoms with E-state index < -0.39 is 0 Å². The Balaban J connectivity index is 1.85. The van der Waals surface area contributed by atoms with E-state index in [1.807, 2.05) is 0 Å². The van der Waals surface area contributed by atoms with Crippen molar-refractivity contribution in [2.45, 2.75) is 13.3 Å². The SMILES string of the molecule is Cc1c2ccccc2c(C2=CC=C3C=CC=CC3C2)c2ccccc12. The highest BCUT2D eigenvalue weighted by Crippen LogP contribution is 2.41. The van der Waals surface area contributed by atoms with Crippen LogP contribution in [0.25, 0.3) is 27.1 Å². The molecular formula is C25H20. The first kappa shape index (κ1) is 14.5. The van der Waals surface area contributed by atoms with E-state index in [0.29, 0.717) is 5.92 Å². The van der Waals surface area contributed by atoms with Gasteiger partial charge in [-0.3, -0.25) is 0 Å². The third kappa shape index (κ3) is 2.21. The Bertz CT molecular complexity index is 1060. The van der Waals surface area contributed by atoms with Crippen molar-refractivity contribution in [3.63, 3.8) is 0 Å². The topological polar surface area (TPSA) is 0 Å². The fourth-order valence-corrected chi connectivity index (χ4v) is 4.34. The Morgan fingerprint density at radius 3 is 2.08 bits per heavy atom. The van der Waals surface area contributed by atoms with Gasteiger partial charge in [-0.25, -0.2) is 0 Å². The van der Waals surface area contributed by atoms with Crippen LogP contribution in [0.4, 0.5) is 0 Å². The summed E-state index contributed by atoms with van der Waals surface area (Å²) in [5.41, 5.74) is 5.66. The summed E-state index contributed by atoms with van der Waals surface area (Å²) in [5.74, 6) is 0.504. The van der Waals surface area contributed by atoms with Crippen LogP contribution in [-0.4, -0.2) is 0 Å². The van der Waals surface area contributed by atoms with Crippen molar-refractivity contribution in [1.82, 2.24) is 0 Å². The summed E-state index contributed by atoms with van der Waals surface area (Å²) in [5, 5.41) is 5.48. The van der Waals surface area contributed by atoms with E-state index in [-0.39, 0.29) is 0 Å². The Hall–Kier alpha value is -2.86. The van der Waals surface area contributed by atoms with Crippen molar-refractivity contribution < 1.29 is 0 Å². The molecule has 2 aliphatic rings. The molecule has 0 saturated carbocycles. The lowest BCUT2D eigenvalue weighted by Crippen LogP contribution is -2.07. The van der Waals surface area contributed by atoms with Crippen LogP contribution in [0.3, 0.4) is 0 Å². The van der Waals surface area contributed by atoms with Crippen LogP contribution in [0, 0.1) is 12.8 Å². The Morgan fingerprint density at radius 2 is 1.40 bits per heavy atom. The molecule has 0 N–H and O–H groups in total. The molecule has 5 rings (SSSR count). The van der Waals surface area contributed by atoms with Crippen LogP contribution in [0.1, 0.15) is 17.5 Å². The minimum Gasteiger partial charge on any atom is -0.0767 e. The highest BCUT2D eigenvalue weighted by atomic mass is 14.2. The van der Waals surface area contributed by atoms with Gasteiger partial charge in [0.2, 0.25) is 0 Å². The smallest absolute Gasteiger partial charge is 0.00617 e. The molecule has 25 heavy (non-hydrogen) atoms. The van der Waals surface area contributed by atoms with E-state index >= 15 is 0 Å². The van der Waals surface area contributed by atoms with Crippen molar-refractivity contribution in [2.24, 2.45) is 5.92 Å². The van der Waals surface area contributed by atoms with Gasteiger partial charge in [0, 0.05) is 5.92 Å². The molecule has 1 unspecified atom stereocenters. The van der Waals surface area contributed by atoms with Gasteiger partial charge in [-0.05, 0) is 57.2 Å². The molecule has 3 aromatic carbocycles. The summed E-state index contributed by atoms with van der Waals surface area (Å²) in [6.45, 7) is 2.25. The van der Waals surface area contributed by atoms with Crippen LogP contribution >= 0.6 is 0 Å². The second kappa shape index (κ2) is 5.60. The molecule has 0 amide bonds. The number of benzene rings is 3. The third-order valence-electron chi connectivity index (χ3n) is 5.61. The molecular weight excluding hydrogens is 300 g/mol. The van der Waals surface area contributed by atoms with E-state index in [4.69, 9.17) is 0 Å². The molecule has 1 atom stereocenters. The van der Waals surface area contributed by atoms with Crippen LogP contribution in [0.2, 0.25) is 0 Å². The zero-order chi connectivity index (χ0) is 16.8. The maximum atomic E-state index is 2.33. The van der Waals surface area contributed by atoms with Gasteiger partial charge < -0.3 is 0 Å². The van der Waals surface area contributed by atoms with Crippen molar-refractivity contribution in [3.8, 4) is 0 Å². The van der Waals surface area contributed by atoms with E-state index in [1.54, 1.807) is 0 Å². The monoisotopic (exact) mass is 320 g/mol. The summed E-state index contributed by atoms with van der Waals surface area (Å²) < 4.78 is 0. The second-order valence-corrected chi connectivity index (χ2v) is 7.00. The molecule has 120 valence electrons. The van der Waals surface area contributed by atoms with Gasteiger partial charge in [0.1, 0.15) is 0 Å². The van der Waals surface area contributed by atoms with Crippen LogP contribution in [0.5, 0.6) is 0 Å². The van der Waals surface area contributed by atoms with Crippen molar-refractivity contribution in [2.75, 3.05) is 0 Å². The summed E-state index contributed by atoms with van der Waals surface area (Å²) >= 11 is 0. The van der Waals surface area contributed by atoms with E-state index in [9.17, 15) is 0 Å². The van der Waals surface area contributed by atoms with Crippen molar-refractivity contribution >= 4 is 27.1 Å². The Kier molecular flexibility index (Phi) is 3.24. The first-order valence-corrected chi connectivity index (χ1v) is 8.99. The molecule has 3 aromatic rings. The normalized spacial score (nSPS) is 19.0. The van der Waals surface area contributed by atoms with Crippen molar-refractivity contribution in [3.05, 3.63) is 102 Å². The van der Waals surface area contributed by atoms with E-state index in [0.717, 1.165) is 6.42 Å². The average molecular weight is 320 g/mol. The van der Waals surface area contributed by atoms with Gasteiger partial charge in [0.15, 0.2) is 0 Å². The minimum absolute atomic E-state index is 0.504. The maximum Gasteiger partial charge on any atom is 0.00617 e. The van der Waals surface area contributed by atoms with E-state index in [2.05, 4.69) is 91.9 Å². The number of hydrogen-bond donors (Lipinski definition) is 0. The first-order chi connectivity index (χ1) is 12.3. The highest BCUT2D eigenvalue weighted by molar-refractivity contribution is 6.11. The molecule has 0 aliphatic heterocycles. The molecule has 0 spiro atoms. The molecule has 0 saturated heterocycles. The van der Waals surface area contributed by atoms with Crippen LogP contribution in [-0.2, 0) is 0 Å². The van der Waals surface area contributed by atoms with Gasteiger partial charge in [-0.2, -0.15) is 0 Å². The predicted octanol–water partition coefficient (Wildman–Crippen LogP) is 6.76. The molecule has 0 fully saturated rings. The Morgan fingerprint density at radius 1 is 0.760 bits per heavy atom. The number of rotatable bonds is 1. The fraction of sp³-hybridized carbons (Fsp3) is 0.120. The summed E-state index contributed by atoms with van der Waals surface area (Å²) in [6, 6.07) is 17.7. The lowest BCUT2D eigenvalue weighted by Gasteiger charge is -2.25. The second-order valence-electron chi connectivity index (χ2n) is 7.00. The standard InChI is InChI=1S/C25H20/c1-17-21-10-4-6-12-23(21)25(24-13-7-5-11-22(17)24)20-15-14-18-8-2-3-9-19(18)16-20/h2-15,19H,16H2,1H3. The number of fused-ring (bicyclic) bond motifs is 3. The molecule has 0 nitrogen and oxygen atoms in total. The van der Waals surface area contributed by atoms with Crippen LogP contribution < -0.4 is 0 Å². The van der Waals surface area contributed by atoms with Gasteiger partial charge in [0.05, 0.1) is 0 Å². The zero-order valence-electron chi connectivity index (χ0n) is 14.4. The lowest BCUT2D eigenvalue weighted by molar-refractivity contribution is 0.794. The highest BCUT2D eigenvalue weighted by Gasteiger charge is 2.21. The average Bonchev–Trinajstić information content (AvgIpc) is 2.68. The van der Waals surface area contributed by atoms with Crippen LogP contribution in [0.15, 0.2) is 90.6 Å². The minimum atomic E-state index is 0.504. The molecule has 2 aliphatic carbocycles. The van der Waals surface area contributed by atoms with Gasteiger partial charge >= 0.3 is 0 Å². The molecule has 0 bridgehead atoms. The summed E-state index contributed by atoms with van der Waals surface area (Å²) in [6.07, 6.45) is 14.6. The largest absolute Gasteiger partial charge is 0.0767 e. The van der Waals surface area contributed by atoms with Gasteiger partial charge in [0.25, 0.3) is 0 Å². The fourth-order valence-electron chi connectivity index (χ4n) is 4.34. The maximum absolute atomic E-state index is 2.33. The van der Waals surface area contributed by atoms with Gasteiger partial charge in [-0.1, -0.05) is 85.0 Å². The number of allylic oxidation sites excluding steroid dienone is 8.